The number of halogens is 3. The maximum Gasteiger partial charge on any atom is 0.418 e. The van der Waals surface area contributed by atoms with Gasteiger partial charge in [0.05, 0.1) is 16.8 Å². The number of alkyl halides is 3. The van der Waals surface area contributed by atoms with Gasteiger partial charge >= 0.3 is 12.3 Å². The number of rotatable bonds is 7. The normalized spacial score (nSPS) is 14.4. The van der Waals surface area contributed by atoms with E-state index in [-0.39, 0.29) is 29.2 Å². The third-order valence-corrected chi connectivity index (χ3v) is 6.36. The molecule has 1 saturated heterocycles. The second-order valence-electron chi connectivity index (χ2n) is 10.6. The SMILES string of the molecule is CC(C)(C)OC(=O)N1CCN(Cc2cccc(NC(=O)c3cccnc3NCc3ccncc3)c2C(F)(F)F)CC1. The van der Waals surface area contributed by atoms with Gasteiger partial charge in [0.15, 0.2) is 0 Å². The number of nitrogens with zero attached hydrogens (tertiary/aromatic N) is 4. The number of carbonyl (C=O) groups excluding carboxylic acids is 2. The van der Waals surface area contributed by atoms with Gasteiger partial charge in [-0.05, 0) is 62.2 Å². The molecule has 1 aliphatic rings. The van der Waals surface area contributed by atoms with Crippen LogP contribution in [-0.4, -0.2) is 63.5 Å². The van der Waals surface area contributed by atoms with Crippen molar-refractivity contribution in [1.82, 2.24) is 19.8 Å². The lowest BCUT2D eigenvalue weighted by Crippen LogP contribution is -2.49. The number of hydrogen-bond donors (Lipinski definition) is 2. The molecule has 0 spiro atoms. The number of nitrogens with one attached hydrogen (secondary N) is 2. The molecule has 0 radical (unpaired) electrons. The van der Waals surface area contributed by atoms with Crippen molar-refractivity contribution >= 4 is 23.5 Å². The van der Waals surface area contributed by atoms with Crippen LogP contribution >= 0.6 is 0 Å². The van der Waals surface area contributed by atoms with E-state index in [4.69, 9.17) is 4.74 Å². The first-order chi connectivity index (χ1) is 19.4. The van der Waals surface area contributed by atoms with Gasteiger partial charge in [-0.1, -0.05) is 12.1 Å². The van der Waals surface area contributed by atoms with Gasteiger partial charge in [0, 0.05) is 57.9 Å². The highest BCUT2D eigenvalue weighted by molar-refractivity contribution is 6.07. The molecule has 1 fully saturated rings. The largest absolute Gasteiger partial charge is 0.444 e. The Hall–Kier alpha value is -4.19. The molecule has 0 bridgehead atoms. The van der Waals surface area contributed by atoms with Crippen LogP contribution in [0.4, 0.5) is 29.5 Å². The molecule has 2 aromatic heterocycles. The zero-order chi connectivity index (χ0) is 29.6. The molecular weight excluding hydrogens is 537 g/mol. The molecule has 0 unspecified atom stereocenters. The first kappa shape index (κ1) is 29.8. The van der Waals surface area contributed by atoms with Gasteiger partial charge in [-0.15, -0.1) is 0 Å². The molecule has 0 atom stereocenters. The summed E-state index contributed by atoms with van der Waals surface area (Å²) >= 11 is 0. The zero-order valence-corrected chi connectivity index (χ0v) is 23.2. The molecule has 1 aliphatic heterocycles. The van der Waals surface area contributed by atoms with Crippen molar-refractivity contribution in [1.29, 1.82) is 0 Å². The highest BCUT2D eigenvalue weighted by Crippen LogP contribution is 2.38. The average molecular weight is 571 g/mol. The summed E-state index contributed by atoms with van der Waals surface area (Å²) in [7, 11) is 0. The second-order valence-corrected chi connectivity index (χ2v) is 10.6. The van der Waals surface area contributed by atoms with E-state index in [0.717, 1.165) is 5.56 Å². The zero-order valence-electron chi connectivity index (χ0n) is 23.2. The van der Waals surface area contributed by atoms with Crippen molar-refractivity contribution in [3.63, 3.8) is 0 Å². The van der Waals surface area contributed by atoms with Gasteiger partial charge < -0.3 is 20.3 Å². The quantitative estimate of drug-likeness (QED) is 0.392. The molecule has 2 amide bonds. The Labute approximate surface area is 236 Å². The molecular formula is C29H33F3N6O3. The van der Waals surface area contributed by atoms with Gasteiger partial charge in [0.1, 0.15) is 11.4 Å². The van der Waals surface area contributed by atoms with Gasteiger partial charge in [-0.3, -0.25) is 14.7 Å². The van der Waals surface area contributed by atoms with E-state index in [1.54, 1.807) is 56.3 Å². The Morgan fingerprint density at radius 1 is 0.951 bits per heavy atom. The number of ether oxygens (including phenoxy) is 1. The highest BCUT2D eigenvalue weighted by atomic mass is 19.4. The van der Waals surface area contributed by atoms with Crippen LogP contribution < -0.4 is 10.6 Å². The summed E-state index contributed by atoms with van der Waals surface area (Å²) in [4.78, 5) is 37.1. The molecule has 4 rings (SSSR count). The van der Waals surface area contributed by atoms with E-state index in [1.165, 1.54) is 30.5 Å². The van der Waals surface area contributed by atoms with E-state index in [1.807, 2.05) is 4.90 Å². The fraction of sp³-hybridized carbons (Fsp3) is 0.379. The maximum atomic E-state index is 14.4. The Morgan fingerprint density at radius 3 is 2.32 bits per heavy atom. The number of pyridine rings is 2. The molecule has 1 aromatic carbocycles. The molecule has 0 saturated carbocycles. The Balaban J connectivity index is 1.48. The lowest BCUT2D eigenvalue weighted by molar-refractivity contribution is -0.137. The first-order valence-electron chi connectivity index (χ1n) is 13.2. The smallest absolute Gasteiger partial charge is 0.418 e. The molecule has 3 aromatic rings. The van der Waals surface area contributed by atoms with Crippen LogP contribution in [0.25, 0.3) is 0 Å². The number of benzene rings is 1. The predicted molar refractivity (Wildman–Crippen MR) is 148 cm³/mol. The second kappa shape index (κ2) is 12.5. The van der Waals surface area contributed by atoms with Gasteiger partial charge in [-0.2, -0.15) is 13.2 Å². The third-order valence-electron chi connectivity index (χ3n) is 6.36. The van der Waals surface area contributed by atoms with Gasteiger partial charge in [-0.25, -0.2) is 9.78 Å². The highest BCUT2D eigenvalue weighted by Gasteiger charge is 2.37. The summed E-state index contributed by atoms with van der Waals surface area (Å²) in [6.45, 7) is 7.13. The van der Waals surface area contributed by atoms with Crippen molar-refractivity contribution in [3.05, 3.63) is 83.3 Å². The van der Waals surface area contributed by atoms with E-state index >= 15 is 0 Å². The Morgan fingerprint density at radius 2 is 1.66 bits per heavy atom. The Bertz CT molecular complexity index is 1350. The summed E-state index contributed by atoms with van der Waals surface area (Å²) in [5.41, 5.74) is -0.834. The number of hydrogen-bond acceptors (Lipinski definition) is 7. The van der Waals surface area contributed by atoms with E-state index in [2.05, 4.69) is 20.6 Å². The minimum absolute atomic E-state index is 0.00629. The van der Waals surface area contributed by atoms with Crippen LogP contribution in [0, 0.1) is 0 Å². The lowest BCUT2D eigenvalue weighted by Gasteiger charge is -2.36. The molecule has 2 N–H and O–H groups in total. The number of piperazine rings is 1. The van der Waals surface area contributed by atoms with Crippen LogP contribution in [0.3, 0.4) is 0 Å². The van der Waals surface area contributed by atoms with Crippen LogP contribution in [0.15, 0.2) is 61.1 Å². The standard InChI is InChI=1S/C29H33F3N6O3/c1-28(2,3)41-27(40)38-16-14-37(15-17-38)19-21-6-4-8-23(24(21)29(30,31)32)36-26(39)22-7-5-11-34-25(22)35-18-20-9-12-33-13-10-20/h4-13H,14-19H2,1-3H3,(H,34,35)(H,36,39). The summed E-state index contributed by atoms with van der Waals surface area (Å²) in [6, 6.07) is 10.8. The topological polar surface area (TPSA) is 99.7 Å². The first-order valence-corrected chi connectivity index (χ1v) is 13.2. The summed E-state index contributed by atoms with van der Waals surface area (Å²) < 4.78 is 48.5. The van der Waals surface area contributed by atoms with E-state index in [9.17, 15) is 22.8 Å². The van der Waals surface area contributed by atoms with Crippen LogP contribution in [-0.2, 0) is 24.0 Å². The number of aromatic nitrogens is 2. The number of amides is 2. The summed E-state index contributed by atoms with van der Waals surface area (Å²) in [6.07, 6.45) is -0.390. The van der Waals surface area contributed by atoms with Gasteiger partial charge in [0.25, 0.3) is 5.91 Å². The number of anilines is 2. The third kappa shape index (κ3) is 8.16. The van der Waals surface area contributed by atoms with Crippen LogP contribution in [0.5, 0.6) is 0 Å². The molecule has 41 heavy (non-hydrogen) atoms. The fourth-order valence-electron chi connectivity index (χ4n) is 4.43. The van der Waals surface area contributed by atoms with Crippen molar-refractivity contribution in [3.8, 4) is 0 Å². The minimum atomic E-state index is -4.71. The lowest BCUT2D eigenvalue weighted by atomic mass is 10.0. The maximum absolute atomic E-state index is 14.4. The summed E-state index contributed by atoms with van der Waals surface area (Å²) in [5.74, 6) is -0.474. The molecule has 0 aliphatic carbocycles. The van der Waals surface area contributed by atoms with Crippen LogP contribution in [0.2, 0.25) is 0 Å². The Kier molecular flexibility index (Phi) is 9.11. The fourth-order valence-corrected chi connectivity index (χ4v) is 4.43. The van der Waals surface area contributed by atoms with Crippen molar-refractivity contribution in [2.45, 2.75) is 45.6 Å². The minimum Gasteiger partial charge on any atom is -0.444 e. The van der Waals surface area contributed by atoms with Crippen LogP contribution in [0.1, 0.15) is 47.8 Å². The van der Waals surface area contributed by atoms with Crippen molar-refractivity contribution in [2.75, 3.05) is 36.8 Å². The molecule has 218 valence electrons. The summed E-state index contributed by atoms with van der Waals surface area (Å²) in [5, 5.41) is 5.52. The number of carbonyl (C=O) groups is 2. The molecule has 9 nitrogen and oxygen atoms in total. The van der Waals surface area contributed by atoms with E-state index < -0.39 is 29.3 Å². The molecule has 3 heterocycles. The van der Waals surface area contributed by atoms with E-state index in [0.29, 0.717) is 32.7 Å². The average Bonchev–Trinajstić information content (AvgIpc) is 2.91. The monoisotopic (exact) mass is 570 g/mol. The van der Waals surface area contributed by atoms with Crippen molar-refractivity contribution in [2.24, 2.45) is 0 Å². The van der Waals surface area contributed by atoms with Gasteiger partial charge in [0.2, 0.25) is 0 Å². The predicted octanol–water partition coefficient (Wildman–Crippen LogP) is 5.41. The van der Waals surface area contributed by atoms with Crippen molar-refractivity contribution < 1.29 is 27.5 Å². The molecule has 12 heteroatoms.